The Bertz CT molecular complexity index is 1470. The van der Waals surface area contributed by atoms with Gasteiger partial charge in [0.05, 0.1) is 20.6 Å². The van der Waals surface area contributed by atoms with Crippen LogP contribution in [0.4, 0.5) is 5.69 Å². The van der Waals surface area contributed by atoms with Gasteiger partial charge in [-0.1, -0.05) is 72.1 Å². The molecule has 0 saturated carbocycles. The Morgan fingerprint density at radius 3 is 2.17 bits per heavy atom. The van der Waals surface area contributed by atoms with Crippen molar-refractivity contribution >= 4 is 62.3 Å². The Morgan fingerprint density at radius 2 is 1.57 bits per heavy atom. The monoisotopic (exact) mass is 623 g/mol. The number of nitrogens with one attached hydrogen (secondary N) is 1. The zero-order chi connectivity index (χ0) is 29.6. The molecule has 0 unspecified atom stereocenters. The molecule has 3 aromatic carbocycles. The second-order valence-corrected chi connectivity index (χ2v) is 12.6. The zero-order valence-corrected chi connectivity index (χ0v) is 25.8. The van der Waals surface area contributed by atoms with E-state index >= 15 is 0 Å². The van der Waals surface area contributed by atoms with Crippen LogP contribution in [0.15, 0.2) is 71.6 Å². The number of benzene rings is 3. The standard InChI is InChI=1S/C29H32Cl3N3O4S/c1-5-20(3)33-29(37)21(4)34(17-22-12-14-25(30)27(32)15-22)28(36)18-35(23-13-11-19(2)26(31)16-23)40(38,39)24-9-7-6-8-10-24/h6-16,20-21H,5,17-18H2,1-4H3,(H,33,37)/t20-,21-/m0/s1. The molecule has 11 heteroatoms. The van der Waals surface area contributed by atoms with E-state index in [1.807, 2.05) is 13.8 Å². The Labute approximate surface area is 251 Å². The molecule has 0 aliphatic carbocycles. The van der Waals surface area contributed by atoms with Gasteiger partial charge in [0.1, 0.15) is 12.6 Å². The Balaban J connectivity index is 2.05. The molecule has 1 N–H and O–H groups in total. The first kappa shape index (κ1) is 31.7. The molecule has 0 heterocycles. The number of aryl methyl sites for hydroxylation is 1. The Kier molecular flexibility index (Phi) is 10.9. The summed E-state index contributed by atoms with van der Waals surface area (Å²) in [7, 11) is -4.18. The number of halogens is 3. The number of amides is 2. The van der Waals surface area contributed by atoms with E-state index in [1.165, 1.54) is 23.1 Å². The first-order chi connectivity index (χ1) is 18.8. The largest absolute Gasteiger partial charge is 0.352 e. The highest BCUT2D eigenvalue weighted by molar-refractivity contribution is 7.92. The number of hydrogen-bond acceptors (Lipinski definition) is 4. The van der Waals surface area contributed by atoms with Crippen LogP contribution in [0.1, 0.15) is 38.3 Å². The van der Waals surface area contributed by atoms with Crippen molar-refractivity contribution in [2.24, 2.45) is 0 Å². The number of sulfonamides is 1. The van der Waals surface area contributed by atoms with Gasteiger partial charge in [0.2, 0.25) is 11.8 Å². The second kappa shape index (κ2) is 13.7. The third-order valence-corrected chi connectivity index (χ3v) is 9.49. The summed E-state index contributed by atoms with van der Waals surface area (Å²) in [5, 5.41) is 3.90. The van der Waals surface area contributed by atoms with Crippen molar-refractivity contribution in [1.29, 1.82) is 0 Å². The number of hydrogen-bond donors (Lipinski definition) is 1. The maximum absolute atomic E-state index is 14.0. The van der Waals surface area contributed by atoms with Crippen LogP contribution < -0.4 is 9.62 Å². The summed E-state index contributed by atoms with van der Waals surface area (Å²) in [6.07, 6.45) is 0.705. The SMILES string of the molecule is CC[C@H](C)NC(=O)[C@H](C)N(Cc1ccc(Cl)c(Cl)c1)C(=O)CN(c1ccc(C)c(Cl)c1)S(=O)(=O)c1ccccc1. The maximum atomic E-state index is 14.0. The number of carbonyl (C=O) groups is 2. The predicted molar refractivity (Wildman–Crippen MR) is 162 cm³/mol. The first-order valence-corrected chi connectivity index (χ1v) is 15.3. The molecule has 0 radical (unpaired) electrons. The number of anilines is 1. The van der Waals surface area contributed by atoms with Gasteiger partial charge in [-0.05, 0) is 74.7 Å². The van der Waals surface area contributed by atoms with E-state index in [9.17, 15) is 18.0 Å². The van der Waals surface area contributed by atoms with Gasteiger partial charge >= 0.3 is 0 Å². The average Bonchev–Trinajstić information content (AvgIpc) is 2.93. The van der Waals surface area contributed by atoms with Crippen LogP contribution in [-0.2, 0) is 26.2 Å². The third-order valence-electron chi connectivity index (χ3n) is 6.56. The van der Waals surface area contributed by atoms with Crippen LogP contribution in [0.25, 0.3) is 0 Å². The lowest BCUT2D eigenvalue weighted by atomic mass is 10.1. The average molecular weight is 625 g/mol. The topological polar surface area (TPSA) is 86.8 Å². The van der Waals surface area contributed by atoms with E-state index in [2.05, 4.69) is 5.32 Å². The number of carbonyl (C=O) groups excluding carboxylic acids is 2. The molecule has 0 bridgehead atoms. The summed E-state index contributed by atoms with van der Waals surface area (Å²) in [5.74, 6) is -0.951. The van der Waals surface area contributed by atoms with Crippen LogP contribution in [0.3, 0.4) is 0 Å². The van der Waals surface area contributed by atoms with E-state index in [4.69, 9.17) is 34.8 Å². The molecule has 0 aliphatic rings. The summed E-state index contributed by atoms with van der Waals surface area (Å²) in [5.41, 5.74) is 1.60. The van der Waals surface area contributed by atoms with Gasteiger partial charge < -0.3 is 10.2 Å². The minimum absolute atomic E-state index is 0.00130. The van der Waals surface area contributed by atoms with Crippen LogP contribution in [0.5, 0.6) is 0 Å². The number of nitrogens with zero attached hydrogens (tertiary/aromatic N) is 2. The van der Waals surface area contributed by atoms with Crippen molar-refractivity contribution in [3.05, 3.63) is 92.9 Å². The first-order valence-electron chi connectivity index (χ1n) is 12.7. The van der Waals surface area contributed by atoms with Gasteiger partial charge in [-0.3, -0.25) is 13.9 Å². The van der Waals surface area contributed by atoms with E-state index in [1.54, 1.807) is 62.4 Å². The van der Waals surface area contributed by atoms with Crippen molar-refractivity contribution in [3.63, 3.8) is 0 Å². The molecule has 3 aromatic rings. The lowest BCUT2D eigenvalue weighted by molar-refractivity contribution is -0.139. The molecule has 214 valence electrons. The smallest absolute Gasteiger partial charge is 0.264 e. The molecule has 0 aliphatic heterocycles. The molecule has 3 rings (SSSR count). The Hall–Kier alpha value is -2.78. The fourth-order valence-corrected chi connectivity index (χ4v) is 5.79. The highest BCUT2D eigenvalue weighted by Crippen LogP contribution is 2.29. The van der Waals surface area contributed by atoms with Gasteiger partial charge in [0, 0.05) is 17.6 Å². The molecule has 40 heavy (non-hydrogen) atoms. The van der Waals surface area contributed by atoms with E-state index in [-0.39, 0.29) is 29.1 Å². The molecule has 2 amide bonds. The van der Waals surface area contributed by atoms with Crippen LogP contribution >= 0.6 is 34.8 Å². The van der Waals surface area contributed by atoms with Crippen molar-refractivity contribution in [1.82, 2.24) is 10.2 Å². The molecular formula is C29H32Cl3N3O4S. The minimum Gasteiger partial charge on any atom is -0.352 e. The van der Waals surface area contributed by atoms with E-state index < -0.39 is 28.5 Å². The fraction of sp³-hybridized carbons (Fsp3) is 0.310. The summed E-state index contributed by atoms with van der Waals surface area (Å²) >= 11 is 18.6. The van der Waals surface area contributed by atoms with Gasteiger partial charge in [-0.2, -0.15) is 0 Å². The van der Waals surface area contributed by atoms with Gasteiger partial charge in [0.15, 0.2) is 0 Å². The van der Waals surface area contributed by atoms with Crippen molar-refractivity contribution < 1.29 is 18.0 Å². The Morgan fingerprint density at radius 1 is 0.900 bits per heavy atom. The molecule has 0 spiro atoms. The highest BCUT2D eigenvalue weighted by Gasteiger charge is 2.33. The molecular weight excluding hydrogens is 593 g/mol. The van der Waals surface area contributed by atoms with Crippen LogP contribution in [0.2, 0.25) is 15.1 Å². The summed E-state index contributed by atoms with van der Waals surface area (Å²) in [6.45, 7) is 6.63. The zero-order valence-electron chi connectivity index (χ0n) is 22.7. The van der Waals surface area contributed by atoms with Crippen LogP contribution in [0, 0.1) is 6.92 Å². The fourth-order valence-electron chi connectivity index (χ4n) is 3.87. The van der Waals surface area contributed by atoms with E-state index in [0.29, 0.717) is 27.1 Å². The summed E-state index contributed by atoms with van der Waals surface area (Å²) in [6, 6.07) is 16.5. The van der Waals surface area contributed by atoms with Gasteiger partial charge in [-0.25, -0.2) is 8.42 Å². The highest BCUT2D eigenvalue weighted by atomic mass is 35.5. The quantitative estimate of drug-likeness (QED) is 0.265. The van der Waals surface area contributed by atoms with Crippen molar-refractivity contribution in [2.75, 3.05) is 10.8 Å². The van der Waals surface area contributed by atoms with Crippen molar-refractivity contribution in [3.8, 4) is 0 Å². The normalized spacial score (nSPS) is 12.9. The van der Waals surface area contributed by atoms with Crippen LogP contribution in [-0.4, -0.2) is 43.8 Å². The number of rotatable bonds is 11. The lowest BCUT2D eigenvalue weighted by Gasteiger charge is -2.32. The third kappa shape index (κ3) is 7.69. The van der Waals surface area contributed by atoms with Gasteiger partial charge in [0.25, 0.3) is 10.0 Å². The lowest BCUT2D eigenvalue weighted by Crippen LogP contribution is -2.52. The summed E-state index contributed by atoms with van der Waals surface area (Å²) in [4.78, 5) is 28.4. The van der Waals surface area contributed by atoms with Crippen molar-refractivity contribution in [2.45, 2.75) is 57.6 Å². The maximum Gasteiger partial charge on any atom is 0.264 e. The second-order valence-electron chi connectivity index (χ2n) is 9.52. The molecule has 0 saturated heterocycles. The minimum atomic E-state index is -4.18. The predicted octanol–water partition coefficient (Wildman–Crippen LogP) is 6.48. The van der Waals surface area contributed by atoms with E-state index in [0.717, 1.165) is 9.87 Å². The summed E-state index contributed by atoms with van der Waals surface area (Å²) < 4.78 is 28.6. The molecule has 0 fully saturated rings. The van der Waals surface area contributed by atoms with Gasteiger partial charge in [-0.15, -0.1) is 0 Å². The molecule has 7 nitrogen and oxygen atoms in total. The molecule has 0 aromatic heterocycles. The molecule has 2 atom stereocenters.